The van der Waals surface area contributed by atoms with E-state index in [0.717, 1.165) is 22.6 Å². The first-order valence-electron chi connectivity index (χ1n) is 6.02. The van der Waals surface area contributed by atoms with Crippen molar-refractivity contribution in [1.29, 1.82) is 0 Å². The third kappa shape index (κ3) is 3.45. The highest BCUT2D eigenvalue weighted by Gasteiger charge is 2.00. The molecule has 0 saturated heterocycles. The van der Waals surface area contributed by atoms with E-state index in [4.69, 9.17) is 21.1 Å². The number of aromatic hydroxyl groups is 1. The van der Waals surface area contributed by atoms with Crippen molar-refractivity contribution in [3.63, 3.8) is 0 Å². The number of benzene rings is 2. The Labute approximate surface area is 123 Å². The third-order valence-electron chi connectivity index (χ3n) is 2.81. The number of hydrogen-bond donors (Lipinski definition) is 1. The van der Waals surface area contributed by atoms with Crippen LogP contribution >= 0.6 is 11.6 Å². The van der Waals surface area contributed by atoms with Crippen LogP contribution in [0.1, 0.15) is 11.1 Å². The Bertz CT molecular complexity index is 613. The summed E-state index contributed by atoms with van der Waals surface area (Å²) in [5.41, 5.74) is 1.85. The minimum Gasteiger partial charge on any atom is -0.506 e. The van der Waals surface area contributed by atoms with Crippen LogP contribution in [-0.4, -0.2) is 19.3 Å². The number of rotatable bonds is 4. The van der Waals surface area contributed by atoms with E-state index in [-0.39, 0.29) is 5.75 Å². The quantitative estimate of drug-likeness (QED) is 0.856. The minimum atomic E-state index is 0.0758. The second-order valence-corrected chi connectivity index (χ2v) is 4.60. The maximum absolute atomic E-state index is 9.38. The van der Waals surface area contributed by atoms with Crippen LogP contribution < -0.4 is 9.47 Å². The standard InChI is InChI=1S/C16H15ClO3/c1-19-13-7-12(8-14(10-13)20-2)4-3-11-5-6-16(18)15(17)9-11/h3-10,18H,1-2H3. The molecule has 2 aromatic carbocycles. The van der Waals surface area contributed by atoms with Crippen molar-refractivity contribution < 1.29 is 14.6 Å². The molecule has 0 aromatic heterocycles. The van der Waals surface area contributed by atoms with Gasteiger partial charge in [-0.3, -0.25) is 0 Å². The van der Waals surface area contributed by atoms with E-state index in [0.29, 0.717) is 5.02 Å². The van der Waals surface area contributed by atoms with Crippen molar-refractivity contribution in [1.82, 2.24) is 0 Å². The van der Waals surface area contributed by atoms with Crippen molar-refractivity contribution >= 4 is 23.8 Å². The topological polar surface area (TPSA) is 38.7 Å². The summed E-state index contributed by atoms with van der Waals surface area (Å²) in [5.74, 6) is 1.53. The summed E-state index contributed by atoms with van der Waals surface area (Å²) in [4.78, 5) is 0. The highest BCUT2D eigenvalue weighted by molar-refractivity contribution is 6.32. The molecule has 0 unspecified atom stereocenters. The maximum Gasteiger partial charge on any atom is 0.134 e. The van der Waals surface area contributed by atoms with Gasteiger partial charge in [0.05, 0.1) is 19.2 Å². The van der Waals surface area contributed by atoms with Gasteiger partial charge < -0.3 is 14.6 Å². The van der Waals surface area contributed by atoms with E-state index in [9.17, 15) is 5.11 Å². The molecule has 0 heterocycles. The molecule has 0 bridgehead atoms. The van der Waals surface area contributed by atoms with Crippen LogP contribution in [0, 0.1) is 0 Å². The van der Waals surface area contributed by atoms with Gasteiger partial charge in [-0.05, 0) is 35.4 Å². The van der Waals surface area contributed by atoms with E-state index >= 15 is 0 Å². The summed E-state index contributed by atoms with van der Waals surface area (Å²) in [6.07, 6.45) is 3.83. The van der Waals surface area contributed by atoms with Gasteiger partial charge in [0.1, 0.15) is 17.2 Å². The van der Waals surface area contributed by atoms with Gasteiger partial charge in [0.15, 0.2) is 0 Å². The summed E-state index contributed by atoms with van der Waals surface area (Å²) >= 11 is 5.87. The molecular weight excluding hydrogens is 276 g/mol. The molecule has 0 atom stereocenters. The fourth-order valence-corrected chi connectivity index (χ4v) is 1.93. The lowest BCUT2D eigenvalue weighted by Gasteiger charge is -2.05. The Kier molecular flexibility index (Phi) is 4.53. The molecular formula is C16H15ClO3. The molecule has 0 radical (unpaired) electrons. The number of halogens is 1. The Morgan fingerprint density at radius 1 is 0.900 bits per heavy atom. The van der Waals surface area contributed by atoms with Crippen molar-refractivity contribution in [2.45, 2.75) is 0 Å². The zero-order valence-electron chi connectivity index (χ0n) is 11.3. The molecule has 0 amide bonds. The lowest BCUT2D eigenvalue weighted by atomic mass is 10.1. The van der Waals surface area contributed by atoms with E-state index in [1.54, 1.807) is 32.4 Å². The summed E-state index contributed by atoms with van der Waals surface area (Å²) in [6, 6.07) is 10.7. The van der Waals surface area contributed by atoms with Gasteiger partial charge in [0.25, 0.3) is 0 Å². The van der Waals surface area contributed by atoms with Crippen LogP contribution in [0.2, 0.25) is 5.02 Å². The molecule has 4 heteroatoms. The molecule has 104 valence electrons. The summed E-state index contributed by atoms with van der Waals surface area (Å²) in [5, 5.41) is 9.71. The molecule has 20 heavy (non-hydrogen) atoms. The molecule has 0 aliphatic heterocycles. The van der Waals surface area contributed by atoms with Gasteiger partial charge in [-0.1, -0.05) is 29.8 Å². The average molecular weight is 291 g/mol. The van der Waals surface area contributed by atoms with Crippen LogP contribution in [0.15, 0.2) is 36.4 Å². The molecule has 2 rings (SSSR count). The van der Waals surface area contributed by atoms with Gasteiger partial charge >= 0.3 is 0 Å². The second-order valence-electron chi connectivity index (χ2n) is 4.19. The Hall–Kier alpha value is -2.13. The first-order valence-corrected chi connectivity index (χ1v) is 6.40. The fourth-order valence-electron chi connectivity index (χ4n) is 1.74. The van der Waals surface area contributed by atoms with Gasteiger partial charge in [0, 0.05) is 6.07 Å². The van der Waals surface area contributed by atoms with Gasteiger partial charge in [-0.15, -0.1) is 0 Å². The van der Waals surface area contributed by atoms with Crippen molar-refractivity contribution in [3.05, 3.63) is 52.5 Å². The normalized spacial score (nSPS) is 10.8. The summed E-state index contributed by atoms with van der Waals surface area (Å²) in [6.45, 7) is 0. The molecule has 3 nitrogen and oxygen atoms in total. The Morgan fingerprint density at radius 2 is 1.50 bits per heavy atom. The lowest BCUT2D eigenvalue weighted by molar-refractivity contribution is 0.394. The highest BCUT2D eigenvalue weighted by atomic mass is 35.5. The molecule has 0 spiro atoms. The first kappa shape index (κ1) is 14.3. The predicted molar refractivity (Wildman–Crippen MR) is 81.6 cm³/mol. The van der Waals surface area contributed by atoms with Crippen LogP contribution in [0.5, 0.6) is 17.2 Å². The second kappa shape index (κ2) is 6.35. The van der Waals surface area contributed by atoms with E-state index < -0.39 is 0 Å². The van der Waals surface area contributed by atoms with Gasteiger partial charge in [-0.25, -0.2) is 0 Å². The zero-order chi connectivity index (χ0) is 14.5. The number of methoxy groups -OCH3 is 2. The number of phenolic OH excluding ortho intramolecular Hbond substituents is 1. The molecule has 2 aromatic rings. The number of hydrogen-bond acceptors (Lipinski definition) is 3. The monoisotopic (exact) mass is 290 g/mol. The predicted octanol–water partition coefficient (Wildman–Crippen LogP) is 4.23. The third-order valence-corrected chi connectivity index (χ3v) is 3.12. The van der Waals surface area contributed by atoms with Gasteiger partial charge in [0.2, 0.25) is 0 Å². The van der Waals surface area contributed by atoms with E-state index in [1.165, 1.54) is 0 Å². The van der Waals surface area contributed by atoms with Gasteiger partial charge in [-0.2, -0.15) is 0 Å². The highest BCUT2D eigenvalue weighted by Crippen LogP contribution is 2.26. The van der Waals surface area contributed by atoms with Crippen molar-refractivity contribution in [2.24, 2.45) is 0 Å². The average Bonchev–Trinajstić information content (AvgIpc) is 2.48. The zero-order valence-corrected chi connectivity index (χ0v) is 12.0. The summed E-state index contributed by atoms with van der Waals surface area (Å²) in [7, 11) is 3.23. The van der Waals surface area contributed by atoms with Crippen molar-refractivity contribution in [2.75, 3.05) is 14.2 Å². The van der Waals surface area contributed by atoms with E-state index in [2.05, 4.69) is 0 Å². The largest absolute Gasteiger partial charge is 0.506 e. The Morgan fingerprint density at radius 3 is 2.05 bits per heavy atom. The van der Waals surface area contributed by atoms with Crippen LogP contribution in [-0.2, 0) is 0 Å². The maximum atomic E-state index is 9.38. The van der Waals surface area contributed by atoms with Crippen LogP contribution in [0.4, 0.5) is 0 Å². The fraction of sp³-hybridized carbons (Fsp3) is 0.125. The van der Waals surface area contributed by atoms with Crippen LogP contribution in [0.25, 0.3) is 12.2 Å². The Balaban J connectivity index is 2.28. The first-order chi connectivity index (χ1) is 9.62. The molecule has 0 fully saturated rings. The molecule has 0 aliphatic carbocycles. The molecule has 0 aliphatic rings. The van der Waals surface area contributed by atoms with Crippen LogP contribution in [0.3, 0.4) is 0 Å². The summed E-state index contributed by atoms with van der Waals surface area (Å²) < 4.78 is 10.4. The van der Waals surface area contributed by atoms with Crippen molar-refractivity contribution in [3.8, 4) is 17.2 Å². The number of phenols is 1. The lowest BCUT2D eigenvalue weighted by Crippen LogP contribution is -1.88. The smallest absolute Gasteiger partial charge is 0.134 e. The number of ether oxygens (including phenoxy) is 2. The molecule has 1 N–H and O–H groups in total. The SMILES string of the molecule is COc1cc(C=Cc2ccc(O)c(Cl)c2)cc(OC)c1. The molecule has 0 saturated carbocycles. The minimum absolute atomic E-state index is 0.0758. The van der Waals surface area contributed by atoms with E-state index in [1.807, 2.05) is 30.4 Å².